The van der Waals surface area contributed by atoms with Crippen LogP contribution in [0.5, 0.6) is 0 Å². The van der Waals surface area contributed by atoms with Crippen LogP contribution >= 0.6 is 0 Å². The summed E-state index contributed by atoms with van der Waals surface area (Å²) < 4.78 is 21.0. The Hall–Kier alpha value is -3.22. The lowest BCUT2D eigenvalue weighted by Gasteiger charge is -2.06. The van der Waals surface area contributed by atoms with Crippen LogP contribution in [0.15, 0.2) is 41.1 Å². The molecule has 0 saturated carbocycles. The van der Waals surface area contributed by atoms with Crippen LogP contribution in [0.25, 0.3) is 22.2 Å². The highest BCUT2D eigenvalue weighted by Crippen LogP contribution is 2.28. The number of rotatable bonds is 3. The summed E-state index contributed by atoms with van der Waals surface area (Å²) >= 11 is 0. The van der Waals surface area contributed by atoms with E-state index in [1.54, 1.807) is 23.7 Å². The van der Waals surface area contributed by atoms with Crippen molar-refractivity contribution in [2.24, 2.45) is 0 Å². The van der Waals surface area contributed by atoms with Gasteiger partial charge in [0.1, 0.15) is 22.8 Å². The molecule has 0 radical (unpaired) electrons. The maximum atomic E-state index is 13.1. The molecule has 132 valence electrons. The lowest BCUT2D eigenvalue weighted by Crippen LogP contribution is -2.27. The Balaban J connectivity index is 1.88. The number of benzene rings is 1. The Morgan fingerprint density at radius 2 is 1.88 bits per heavy atom. The SMILES string of the molecule is Cc1noc(C)c1-c1cc2c(c(C)nn2Cc2ccc(F)cc2)[n+]([O-])c1. The van der Waals surface area contributed by atoms with E-state index in [4.69, 9.17) is 4.52 Å². The maximum Gasteiger partial charge on any atom is 0.265 e. The fourth-order valence-electron chi connectivity index (χ4n) is 3.30. The molecule has 0 N–H and O–H groups in total. The topological polar surface area (TPSA) is 70.8 Å². The Morgan fingerprint density at radius 1 is 1.15 bits per heavy atom. The average Bonchev–Trinajstić information content (AvgIpc) is 3.09. The monoisotopic (exact) mass is 352 g/mol. The molecule has 7 heteroatoms. The van der Waals surface area contributed by atoms with Gasteiger partial charge < -0.3 is 9.73 Å². The van der Waals surface area contributed by atoms with Crippen molar-refractivity contribution in [3.8, 4) is 11.1 Å². The highest BCUT2D eigenvalue weighted by molar-refractivity contribution is 5.80. The van der Waals surface area contributed by atoms with Crippen molar-refractivity contribution >= 4 is 11.0 Å². The summed E-state index contributed by atoms with van der Waals surface area (Å²) in [5, 5.41) is 21.1. The van der Waals surface area contributed by atoms with Crippen LogP contribution in [0.4, 0.5) is 4.39 Å². The van der Waals surface area contributed by atoms with E-state index in [9.17, 15) is 9.60 Å². The molecule has 0 bridgehead atoms. The molecule has 0 aliphatic heterocycles. The summed E-state index contributed by atoms with van der Waals surface area (Å²) in [6.45, 7) is 5.89. The zero-order chi connectivity index (χ0) is 18.4. The van der Waals surface area contributed by atoms with Crippen LogP contribution in [0.1, 0.15) is 22.7 Å². The molecule has 3 aromatic heterocycles. The van der Waals surface area contributed by atoms with Gasteiger partial charge in [-0.2, -0.15) is 9.83 Å². The van der Waals surface area contributed by atoms with E-state index in [0.29, 0.717) is 29.0 Å². The lowest BCUT2D eigenvalue weighted by molar-refractivity contribution is -0.576. The minimum absolute atomic E-state index is 0.284. The Bertz CT molecular complexity index is 1090. The first kappa shape index (κ1) is 16.3. The van der Waals surface area contributed by atoms with Gasteiger partial charge in [0.2, 0.25) is 0 Å². The van der Waals surface area contributed by atoms with Crippen LogP contribution in [-0.2, 0) is 6.54 Å². The highest BCUT2D eigenvalue weighted by Gasteiger charge is 2.21. The highest BCUT2D eigenvalue weighted by atomic mass is 19.1. The molecule has 0 atom stereocenters. The van der Waals surface area contributed by atoms with E-state index in [-0.39, 0.29) is 5.82 Å². The third-order valence-corrected chi connectivity index (χ3v) is 4.47. The summed E-state index contributed by atoms with van der Waals surface area (Å²) in [7, 11) is 0. The summed E-state index contributed by atoms with van der Waals surface area (Å²) in [6, 6.07) is 8.16. The number of fused-ring (bicyclic) bond motifs is 1. The summed E-state index contributed by atoms with van der Waals surface area (Å²) in [4.78, 5) is 0. The molecular formula is C19H17FN4O2. The van der Waals surface area contributed by atoms with Gasteiger partial charge in [-0.05, 0) is 44.5 Å². The van der Waals surface area contributed by atoms with Crippen LogP contribution in [0.3, 0.4) is 0 Å². The van der Waals surface area contributed by atoms with Gasteiger partial charge in [0.15, 0.2) is 6.20 Å². The molecule has 1 aromatic carbocycles. The lowest BCUT2D eigenvalue weighted by atomic mass is 10.1. The van der Waals surface area contributed by atoms with Gasteiger partial charge in [0, 0.05) is 0 Å². The second-order valence-electron chi connectivity index (χ2n) is 6.36. The molecule has 0 saturated heterocycles. The van der Waals surface area contributed by atoms with Crippen molar-refractivity contribution < 1.29 is 13.6 Å². The van der Waals surface area contributed by atoms with Crippen molar-refractivity contribution in [2.75, 3.05) is 0 Å². The molecule has 4 aromatic rings. The second-order valence-corrected chi connectivity index (χ2v) is 6.36. The van der Waals surface area contributed by atoms with Crippen LogP contribution < -0.4 is 4.73 Å². The van der Waals surface area contributed by atoms with Crippen molar-refractivity contribution in [3.05, 3.63) is 70.3 Å². The van der Waals surface area contributed by atoms with Crippen LogP contribution in [-0.4, -0.2) is 14.9 Å². The molecule has 0 fully saturated rings. The van der Waals surface area contributed by atoms with E-state index in [1.165, 1.54) is 18.3 Å². The number of aromatic nitrogens is 4. The average molecular weight is 352 g/mol. The smallest absolute Gasteiger partial charge is 0.265 e. The molecule has 6 nitrogen and oxygen atoms in total. The van der Waals surface area contributed by atoms with Gasteiger partial charge in [-0.1, -0.05) is 17.3 Å². The Kier molecular flexibility index (Phi) is 3.72. The predicted octanol–water partition coefficient (Wildman–Crippen LogP) is 3.44. The van der Waals surface area contributed by atoms with E-state index in [1.807, 2.05) is 19.9 Å². The molecule has 0 spiro atoms. The number of halogens is 1. The molecule has 3 heterocycles. The molecule has 0 unspecified atom stereocenters. The van der Waals surface area contributed by atoms with Crippen molar-refractivity contribution in [3.63, 3.8) is 0 Å². The number of nitrogens with zero attached hydrogens (tertiary/aromatic N) is 4. The number of pyridine rings is 1. The van der Waals surface area contributed by atoms with Crippen LogP contribution in [0.2, 0.25) is 0 Å². The molecular weight excluding hydrogens is 335 g/mol. The maximum absolute atomic E-state index is 13.1. The first-order valence-corrected chi connectivity index (χ1v) is 8.22. The molecule has 4 rings (SSSR count). The van der Waals surface area contributed by atoms with E-state index < -0.39 is 0 Å². The first-order valence-electron chi connectivity index (χ1n) is 8.22. The number of aryl methyl sites for hydroxylation is 3. The number of hydrogen-bond donors (Lipinski definition) is 0. The van der Waals surface area contributed by atoms with Gasteiger partial charge in [-0.15, -0.1) is 0 Å². The van der Waals surface area contributed by atoms with Gasteiger partial charge in [-0.3, -0.25) is 4.68 Å². The largest absolute Gasteiger partial charge is 0.618 e. The normalized spacial score (nSPS) is 11.4. The van der Waals surface area contributed by atoms with Gasteiger partial charge in [0.05, 0.1) is 23.4 Å². The molecule has 0 aliphatic rings. The summed E-state index contributed by atoms with van der Waals surface area (Å²) in [5.41, 5.74) is 5.02. The quantitative estimate of drug-likeness (QED) is 0.418. The second kappa shape index (κ2) is 5.94. The molecule has 0 aliphatic carbocycles. The van der Waals surface area contributed by atoms with Crippen molar-refractivity contribution in [1.82, 2.24) is 14.9 Å². The number of hydrogen-bond acceptors (Lipinski definition) is 4. The third-order valence-electron chi connectivity index (χ3n) is 4.47. The van der Waals surface area contributed by atoms with Crippen LogP contribution in [0, 0.1) is 31.8 Å². The summed E-state index contributed by atoms with van der Waals surface area (Å²) in [5.74, 6) is 0.372. The summed E-state index contributed by atoms with van der Waals surface area (Å²) in [6.07, 6.45) is 1.52. The minimum Gasteiger partial charge on any atom is -0.618 e. The zero-order valence-electron chi connectivity index (χ0n) is 14.7. The predicted molar refractivity (Wildman–Crippen MR) is 93.9 cm³/mol. The standard InChI is InChI=1S/C19H17FN4O2/c1-11-18(13(3)26-22-11)15-8-17-19(24(25)10-15)12(2)21-23(17)9-14-4-6-16(20)7-5-14/h4-8,10H,9H2,1-3H3. The van der Waals surface area contributed by atoms with Crippen molar-refractivity contribution in [2.45, 2.75) is 27.3 Å². The molecule has 0 amide bonds. The van der Waals surface area contributed by atoms with Gasteiger partial charge in [0.25, 0.3) is 5.52 Å². The first-order chi connectivity index (χ1) is 12.4. The fraction of sp³-hybridized carbons (Fsp3) is 0.211. The van der Waals surface area contributed by atoms with Gasteiger partial charge >= 0.3 is 0 Å². The fourth-order valence-corrected chi connectivity index (χ4v) is 3.30. The Morgan fingerprint density at radius 3 is 2.54 bits per heavy atom. The zero-order valence-corrected chi connectivity index (χ0v) is 14.7. The van der Waals surface area contributed by atoms with E-state index in [2.05, 4.69) is 10.3 Å². The molecule has 26 heavy (non-hydrogen) atoms. The minimum atomic E-state index is -0.284. The van der Waals surface area contributed by atoms with E-state index >= 15 is 0 Å². The Labute approximate surface area is 149 Å². The van der Waals surface area contributed by atoms with Crippen molar-refractivity contribution in [1.29, 1.82) is 0 Å². The van der Waals surface area contributed by atoms with Gasteiger partial charge in [-0.25, -0.2) is 4.39 Å². The van der Waals surface area contributed by atoms with E-state index in [0.717, 1.165) is 27.1 Å². The third kappa shape index (κ3) is 2.61.